The van der Waals surface area contributed by atoms with Crippen molar-refractivity contribution >= 4 is 86.2 Å². The van der Waals surface area contributed by atoms with E-state index in [0.717, 1.165) is 125 Å². The molecule has 1 aliphatic rings. The fourth-order valence-electron chi connectivity index (χ4n) is 13.4. The molecule has 4 nitrogen and oxygen atoms in total. The fourth-order valence-corrected chi connectivity index (χ4v) is 13.4. The van der Waals surface area contributed by atoms with Gasteiger partial charge in [0.25, 0.3) is 0 Å². The lowest BCUT2D eigenvalue weighted by atomic mass is 9.68. The summed E-state index contributed by atoms with van der Waals surface area (Å²) >= 11 is 0. The molecule has 1 fully saturated rings. The first-order valence-corrected chi connectivity index (χ1v) is 28.1. The summed E-state index contributed by atoms with van der Waals surface area (Å²) in [7, 11) is 0. The van der Waals surface area contributed by atoms with Crippen molar-refractivity contribution in [2.75, 3.05) is 13.2 Å². The molecule has 13 rings (SSSR count). The molecule has 0 saturated carbocycles. The van der Waals surface area contributed by atoms with E-state index in [1.54, 1.807) is 0 Å². The van der Waals surface area contributed by atoms with E-state index in [9.17, 15) is 0 Å². The molecule has 1 heterocycles. The number of benzene rings is 12. The highest BCUT2D eigenvalue weighted by molar-refractivity contribution is 6.14. The van der Waals surface area contributed by atoms with Crippen LogP contribution in [0, 0.1) is 0 Å². The van der Waals surface area contributed by atoms with Gasteiger partial charge in [0, 0.05) is 13.2 Å². The molecule has 0 aromatic heterocycles. The Morgan fingerprint density at radius 3 is 0.818 bits per heavy atom. The highest BCUT2D eigenvalue weighted by Crippen LogP contribution is 2.58. The highest BCUT2D eigenvalue weighted by Gasteiger charge is 2.64. The maximum absolute atomic E-state index is 8.29. The van der Waals surface area contributed by atoms with E-state index in [0.29, 0.717) is 13.2 Å². The molecule has 0 aliphatic carbocycles. The van der Waals surface area contributed by atoms with Crippen LogP contribution in [-0.2, 0) is 30.1 Å². The van der Waals surface area contributed by atoms with E-state index in [1.165, 1.54) is 21.5 Å². The standard InChI is InChI=1S/C73H66O4/c1-5-7-25-43-74-72(65-45-49-27-9-13-31-53(49)57-35-17-21-39-61(57)65,66-46-50-28-10-14-32-54(50)58-36-18-22-40-62(58)66)69-70(77-71(3,4)76-69)73(75-44-26-8-6-2,67-47-51-29-11-15-33-55(51)59-37-19-23-41-63(59)67)68-48-52-30-12-16-34-56(52)60-38-20-24-42-64(60)68/h9-24,27-42,45-48,69-70H,5-8,25-26,43-44H2,1-4H3. The van der Waals surface area contributed by atoms with Crippen LogP contribution in [-0.4, -0.2) is 31.2 Å². The van der Waals surface area contributed by atoms with Crippen molar-refractivity contribution < 1.29 is 18.9 Å². The monoisotopic (exact) mass is 1010 g/mol. The lowest BCUT2D eigenvalue weighted by Gasteiger charge is -2.48. The second-order valence-electron chi connectivity index (χ2n) is 21.8. The summed E-state index contributed by atoms with van der Waals surface area (Å²) in [5.41, 5.74) is 1.46. The zero-order chi connectivity index (χ0) is 52.1. The summed E-state index contributed by atoms with van der Waals surface area (Å²) in [5.74, 6) is -1.13. The summed E-state index contributed by atoms with van der Waals surface area (Å²) in [6, 6.07) is 80.5. The van der Waals surface area contributed by atoms with Crippen molar-refractivity contribution in [2.45, 2.75) is 95.4 Å². The number of unbranched alkanes of at least 4 members (excludes halogenated alkanes) is 4. The van der Waals surface area contributed by atoms with Crippen LogP contribution >= 0.6 is 0 Å². The Morgan fingerprint density at radius 1 is 0.325 bits per heavy atom. The molecule has 77 heavy (non-hydrogen) atoms. The van der Waals surface area contributed by atoms with Gasteiger partial charge in [0.1, 0.15) is 23.4 Å². The van der Waals surface area contributed by atoms with E-state index in [1.807, 2.05) is 0 Å². The van der Waals surface area contributed by atoms with Crippen molar-refractivity contribution in [1.82, 2.24) is 0 Å². The molecule has 12 aromatic rings. The van der Waals surface area contributed by atoms with E-state index < -0.39 is 29.2 Å². The van der Waals surface area contributed by atoms with Crippen LogP contribution < -0.4 is 0 Å². The van der Waals surface area contributed by atoms with E-state index in [2.05, 4.69) is 246 Å². The van der Waals surface area contributed by atoms with Gasteiger partial charge in [-0.3, -0.25) is 0 Å². The minimum Gasteiger partial charge on any atom is -0.363 e. The molecular weight excluding hydrogens is 941 g/mol. The van der Waals surface area contributed by atoms with Gasteiger partial charge in [-0.1, -0.05) is 234 Å². The second-order valence-corrected chi connectivity index (χ2v) is 21.8. The number of fused-ring (bicyclic) bond motifs is 12. The number of rotatable bonds is 16. The van der Waals surface area contributed by atoms with Gasteiger partial charge in [-0.2, -0.15) is 0 Å². The van der Waals surface area contributed by atoms with Crippen molar-refractivity contribution in [1.29, 1.82) is 0 Å². The molecule has 382 valence electrons. The third-order valence-electron chi connectivity index (χ3n) is 16.7. The molecule has 2 atom stereocenters. The highest BCUT2D eigenvalue weighted by atomic mass is 16.8. The molecule has 2 unspecified atom stereocenters. The Kier molecular flexibility index (Phi) is 12.9. The molecule has 0 amide bonds. The smallest absolute Gasteiger partial charge is 0.164 e. The quantitative estimate of drug-likeness (QED) is 0.0714. The Morgan fingerprint density at radius 2 is 0.558 bits per heavy atom. The number of hydrogen-bond donors (Lipinski definition) is 0. The van der Waals surface area contributed by atoms with Crippen LogP contribution in [0.15, 0.2) is 218 Å². The summed E-state index contributed by atoms with van der Waals surface area (Å²) in [4.78, 5) is 0. The van der Waals surface area contributed by atoms with Gasteiger partial charge in [-0.25, -0.2) is 0 Å². The van der Waals surface area contributed by atoms with Gasteiger partial charge in [-0.15, -0.1) is 0 Å². The third kappa shape index (κ3) is 8.19. The van der Waals surface area contributed by atoms with Gasteiger partial charge in [0.2, 0.25) is 0 Å². The number of hydrogen-bond acceptors (Lipinski definition) is 4. The summed E-state index contributed by atoms with van der Waals surface area (Å²) < 4.78 is 32.7. The minimum absolute atomic E-state index is 0.478. The first-order valence-electron chi connectivity index (χ1n) is 28.1. The zero-order valence-electron chi connectivity index (χ0n) is 44.7. The fraction of sp³-hybridized carbons (Fsp3) is 0.233. The van der Waals surface area contributed by atoms with Crippen LogP contribution in [0.1, 0.15) is 88.5 Å². The van der Waals surface area contributed by atoms with Crippen LogP contribution in [0.4, 0.5) is 0 Å². The van der Waals surface area contributed by atoms with Gasteiger partial charge >= 0.3 is 0 Å². The largest absolute Gasteiger partial charge is 0.363 e. The lowest BCUT2D eigenvalue weighted by Crippen LogP contribution is -2.57. The zero-order valence-corrected chi connectivity index (χ0v) is 44.7. The maximum Gasteiger partial charge on any atom is 0.164 e. The Balaban J connectivity index is 1.25. The van der Waals surface area contributed by atoms with Gasteiger partial charge in [0.15, 0.2) is 5.79 Å². The molecule has 0 spiro atoms. The SMILES string of the molecule is CCCCCOC(c1cc2ccccc2c2ccccc12)(c1cc2ccccc2c2ccccc12)C1OC(C)(C)OC1C(OCCCCC)(c1cc2ccccc2c2ccccc12)c1cc2ccccc2c2ccccc12. The van der Waals surface area contributed by atoms with Crippen LogP contribution in [0.5, 0.6) is 0 Å². The Bertz CT molecular complexity index is 3670. The molecule has 1 aliphatic heterocycles. The average Bonchev–Trinajstić information content (AvgIpc) is 3.83. The maximum atomic E-state index is 8.29. The van der Waals surface area contributed by atoms with Crippen LogP contribution in [0.25, 0.3) is 86.2 Å². The Hall–Kier alpha value is -7.44. The van der Waals surface area contributed by atoms with Gasteiger partial charge in [-0.05, 0) is 159 Å². The molecule has 1 saturated heterocycles. The van der Waals surface area contributed by atoms with Crippen molar-refractivity contribution in [3.05, 3.63) is 241 Å². The van der Waals surface area contributed by atoms with Crippen molar-refractivity contribution in [3.8, 4) is 0 Å². The van der Waals surface area contributed by atoms with E-state index in [-0.39, 0.29) is 0 Å². The van der Waals surface area contributed by atoms with Crippen molar-refractivity contribution in [2.24, 2.45) is 0 Å². The van der Waals surface area contributed by atoms with Gasteiger partial charge < -0.3 is 18.9 Å². The van der Waals surface area contributed by atoms with Crippen LogP contribution in [0.3, 0.4) is 0 Å². The van der Waals surface area contributed by atoms with E-state index in [4.69, 9.17) is 18.9 Å². The summed E-state index contributed by atoms with van der Waals surface area (Å²) in [5, 5.41) is 18.3. The van der Waals surface area contributed by atoms with Gasteiger partial charge in [0.05, 0.1) is 0 Å². The normalized spacial score (nSPS) is 16.1. The lowest BCUT2D eigenvalue weighted by molar-refractivity contribution is -0.180. The van der Waals surface area contributed by atoms with E-state index >= 15 is 0 Å². The number of ether oxygens (including phenoxy) is 4. The summed E-state index contributed by atoms with van der Waals surface area (Å²) in [6.45, 7) is 9.67. The Labute approximate surface area is 452 Å². The second kappa shape index (κ2) is 20.2. The molecule has 4 heteroatoms. The molecule has 0 bridgehead atoms. The van der Waals surface area contributed by atoms with Crippen LogP contribution in [0.2, 0.25) is 0 Å². The first-order chi connectivity index (χ1) is 37.8. The predicted molar refractivity (Wildman–Crippen MR) is 322 cm³/mol. The average molecular weight is 1010 g/mol. The molecular formula is C73H66O4. The molecule has 0 N–H and O–H groups in total. The van der Waals surface area contributed by atoms with Crippen molar-refractivity contribution in [3.63, 3.8) is 0 Å². The topological polar surface area (TPSA) is 36.9 Å². The molecule has 0 radical (unpaired) electrons. The summed E-state index contributed by atoms with van der Waals surface area (Å²) in [6.07, 6.45) is 4.17. The first kappa shape index (κ1) is 49.2. The predicted octanol–water partition coefficient (Wildman–Crippen LogP) is 19.0. The minimum atomic E-state index is -1.34. The third-order valence-corrected chi connectivity index (χ3v) is 16.7. The molecule has 12 aromatic carbocycles.